The summed E-state index contributed by atoms with van der Waals surface area (Å²) in [5.74, 6) is -0.223. The van der Waals surface area contributed by atoms with Crippen LogP contribution in [0.15, 0.2) is 36.8 Å². The van der Waals surface area contributed by atoms with E-state index in [9.17, 15) is 15.2 Å². The minimum absolute atomic E-state index is 0.00623. The third-order valence-electron chi connectivity index (χ3n) is 4.03. The molecule has 7 heteroatoms. The van der Waals surface area contributed by atoms with E-state index in [0.29, 0.717) is 0 Å². The van der Waals surface area contributed by atoms with Crippen LogP contribution in [0.1, 0.15) is 30.1 Å². The van der Waals surface area contributed by atoms with E-state index in [4.69, 9.17) is 4.74 Å². The third kappa shape index (κ3) is 3.75. The Morgan fingerprint density at radius 1 is 1.48 bits per heavy atom. The minimum Gasteiger partial charge on any atom is -0.389 e. The van der Waals surface area contributed by atoms with Crippen molar-refractivity contribution in [1.29, 1.82) is 0 Å². The van der Waals surface area contributed by atoms with Gasteiger partial charge in [-0.15, -0.1) is 0 Å². The van der Waals surface area contributed by atoms with Crippen molar-refractivity contribution in [1.82, 2.24) is 9.55 Å². The molecular formula is C16H19N3O4. The van der Waals surface area contributed by atoms with Crippen molar-refractivity contribution in [2.45, 2.75) is 38.0 Å². The molecule has 0 saturated carbocycles. The second kappa shape index (κ2) is 6.89. The molecule has 0 amide bonds. The summed E-state index contributed by atoms with van der Waals surface area (Å²) in [6, 6.07) is 8.22. The molecule has 2 aromatic rings. The van der Waals surface area contributed by atoms with Crippen molar-refractivity contribution >= 4 is 5.82 Å². The van der Waals surface area contributed by atoms with Gasteiger partial charge < -0.3 is 24.5 Å². The fourth-order valence-electron chi connectivity index (χ4n) is 2.95. The molecule has 0 radical (unpaired) electrons. The van der Waals surface area contributed by atoms with Gasteiger partial charge in [-0.05, 0) is 40.3 Å². The Balaban J connectivity index is 1.55. The molecule has 1 aliphatic carbocycles. The van der Waals surface area contributed by atoms with Crippen LogP contribution in [0.5, 0.6) is 0 Å². The Kier molecular flexibility index (Phi) is 4.68. The average Bonchev–Trinajstić information content (AvgIpc) is 3.01. The first-order valence-corrected chi connectivity index (χ1v) is 7.67. The van der Waals surface area contributed by atoms with Crippen molar-refractivity contribution in [3.05, 3.63) is 58.0 Å². The van der Waals surface area contributed by atoms with Crippen molar-refractivity contribution < 1.29 is 14.8 Å². The van der Waals surface area contributed by atoms with Crippen molar-refractivity contribution in [3.8, 4) is 0 Å². The molecule has 0 aliphatic heterocycles. The van der Waals surface area contributed by atoms with Crippen LogP contribution in [0, 0.1) is 10.1 Å². The Bertz CT molecular complexity index is 685. The van der Waals surface area contributed by atoms with Gasteiger partial charge >= 0.3 is 5.82 Å². The lowest BCUT2D eigenvalue weighted by atomic mass is 9.89. The lowest BCUT2D eigenvalue weighted by Gasteiger charge is -2.26. The molecule has 0 saturated heterocycles. The molecule has 23 heavy (non-hydrogen) atoms. The van der Waals surface area contributed by atoms with E-state index in [-0.39, 0.29) is 25.1 Å². The van der Waals surface area contributed by atoms with E-state index in [0.717, 1.165) is 19.3 Å². The summed E-state index contributed by atoms with van der Waals surface area (Å²) >= 11 is 0. The van der Waals surface area contributed by atoms with Crippen LogP contribution >= 0.6 is 0 Å². The van der Waals surface area contributed by atoms with E-state index < -0.39 is 11.0 Å². The van der Waals surface area contributed by atoms with Gasteiger partial charge in [0.1, 0.15) is 6.20 Å². The van der Waals surface area contributed by atoms with Crippen molar-refractivity contribution in [3.63, 3.8) is 0 Å². The zero-order chi connectivity index (χ0) is 16.2. The van der Waals surface area contributed by atoms with Crippen LogP contribution in [0.4, 0.5) is 5.82 Å². The van der Waals surface area contributed by atoms with Gasteiger partial charge in [0.05, 0.1) is 25.4 Å². The topological polar surface area (TPSA) is 90.4 Å². The van der Waals surface area contributed by atoms with Gasteiger partial charge in [-0.2, -0.15) is 0 Å². The highest BCUT2D eigenvalue weighted by Gasteiger charge is 2.21. The summed E-state index contributed by atoms with van der Waals surface area (Å²) in [5.41, 5.74) is 2.51. The molecule has 0 spiro atoms. The number of nitro groups is 1. The fourth-order valence-corrected chi connectivity index (χ4v) is 2.95. The van der Waals surface area contributed by atoms with Gasteiger partial charge in [0.15, 0.2) is 0 Å². The number of fused-ring (bicyclic) bond motifs is 1. The number of aryl methyl sites for hydroxylation is 1. The number of rotatable bonds is 6. The van der Waals surface area contributed by atoms with Crippen LogP contribution in [0.25, 0.3) is 0 Å². The molecule has 7 nitrogen and oxygen atoms in total. The predicted molar refractivity (Wildman–Crippen MR) is 83.0 cm³/mol. The number of benzene rings is 1. The fraction of sp³-hybridized carbons (Fsp3) is 0.438. The van der Waals surface area contributed by atoms with E-state index in [1.54, 1.807) is 0 Å². The van der Waals surface area contributed by atoms with Crippen LogP contribution in [-0.2, 0) is 17.7 Å². The van der Waals surface area contributed by atoms with Gasteiger partial charge in [0.2, 0.25) is 6.33 Å². The smallest absolute Gasteiger partial charge is 0.381 e. The summed E-state index contributed by atoms with van der Waals surface area (Å²) in [6.45, 7) is 0.403. The highest BCUT2D eigenvalue weighted by molar-refractivity contribution is 5.31. The normalized spacial score (nSPS) is 18.4. The zero-order valence-corrected chi connectivity index (χ0v) is 12.7. The molecule has 3 rings (SSSR count). The summed E-state index contributed by atoms with van der Waals surface area (Å²) in [5, 5.41) is 20.7. The molecule has 1 heterocycles. The van der Waals surface area contributed by atoms with Crippen molar-refractivity contribution in [2.75, 3.05) is 6.61 Å². The van der Waals surface area contributed by atoms with Gasteiger partial charge in [0.25, 0.3) is 0 Å². The number of aliphatic hydroxyl groups excluding tert-OH is 1. The number of imidazole rings is 1. The number of aromatic nitrogens is 2. The maximum Gasteiger partial charge on any atom is 0.381 e. The molecule has 0 bridgehead atoms. The lowest BCUT2D eigenvalue weighted by molar-refractivity contribution is -0.389. The Labute approximate surface area is 133 Å². The first-order valence-electron chi connectivity index (χ1n) is 7.67. The quantitative estimate of drug-likeness (QED) is 0.652. The molecule has 2 atom stereocenters. The molecule has 2 unspecified atom stereocenters. The number of nitrogens with zero attached hydrogens (tertiary/aromatic N) is 3. The van der Waals surface area contributed by atoms with Crippen LogP contribution in [0.2, 0.25) is 0 Å². The number of ether oxygens (including phenoxy) is 1. The molecule has 0 fully saturated rings. The van der Waals surface area contributed by atoms with E-state index >= 15 is 0 Å². The number of hydrogen-bond donors (Lipinski definition) is 1. The molecule has 122 valence electrons. The average molecular weight is 317 g/mol. The Hall–Kier alpha value is -2.25. The second-order valence-electron chi connectivity index (χ2n) is 5.75. The lowest BCUT2D eigenvalue weighted by Crippen LogP contribution is -2.24. The molecule has 1 aromatic heterocycles. The zero-order valence-electron chi connectivity index (χ0n) is 12.7. The van der Waals surface area contributed by atoms with Gasteiger partial charge in [-0.1, -0.05) is 24.3 Å². The highest BCUT2D eigenvalue weighted by atomic mass is 16.6. The summed E-state index contributed by atoms with van der Waals surface area (Å²) in [6.07, 6.45) is 5.00. The van der Waals surface area contributed by atoms with E-state index in [2.05, 4.69) is 17.1 Å². The third-order valence-corrected chi connectivity index (χ3v) is 4.03. The van der Waals surface area contributed by atoms with Gasteiger partial charge in [-0.25, -0.2) is 0 Å². The Morgan fingerprint density at radius 2 is 2.30 bits per heavy atom. The monoisotopic (exact) mass is 317 g/mol. The standard InChI is InChI=1S/C16H19N3O4/c20-13(8-18-9-16(17-11-18)19(21)22)10-23-15-7-3-5-12-4-1-2-6-14(12)15/h1-2,4,6,9,11,13,15,20H,3,5,7-8,10H2. The second-order valence-corrected chi connectivity index (χ2v) is 5.75. The first-order chi connectivity index (χ1) is 11.1. The van der Waals surface area contributed by atoms with E-state index in [1.165, 1.54) is 28.2 Å². The highest BCUT2D eigenvalue weighted by Crippen LogP contribution is 2.32. The first kappa shape index (κ1) is 15.6. The van der Waals surface area contributed by atoms with Crippen LogP contribution in [-0.4, -0.2) is 32.3 Å². The summed E-state index contributed by atoms with van der Waals surface area (Å²) < 4.78 is 7.38. The number of hydrogen-bond acceptors (Lipinski definition) is 5. The predicted octanol–water partition coefficient (Wildman–Crippen LogP) is 2.25. The summed E-state index contributed by atoms with van der Waals surface area (Å²) in [4.78, 5) is 13.7. The molecular weight excluding hydrogens is 298 g/mol. The molecule has 1 N–H and O–H groups in total. The van der Waals surface area contributed by atoms with Crippen LogP contribution in [0.3, 0.4) is 0 Å². The minimum atomic E-state index is -0.738. The molecule has 1 aliphatic rings. The Morgan fingerprint density at radius 3 is 3.09 bits per heavy atom. The van der Waals surface area contributed by atoms with Gasteiger partial charge in [-0.3, -0.25) is 0 Å². The maximum atomic E-state index is 10.6. The largest absolute Gasteiger partial charge is 0.389 e. The van der Waals surface area contributed by atoms with Crippen molar-refractivity contribution in [2.24, 2.45) is 0 Å². The molecule has 1 aromatic carbocycles. The summed E-state index contributed by atoms with van der Waals surface area (Å²) in [7, 11) is 0. The number of aliphatic hydroxyl groups is 1. The van der Waals surface area contributed by atoms with Gasteiger partial charge in [0, 0.05) is 0 Å². The van der Waals surface area contributed by atoms with Crippen LogP contribution < -0.4 is 0 Å². The maximum absolute atomic E-state index is 10.6. The SMILES string of the molecule is O=[N+]([O-])c1cn(CC(O)COC2CCCc3ccccc32)cn1. The van der Waals surface area contributed by atoms with E-state index in [1.807, 2.05) is 12.1 Å².